The van der Waals surface area contributed by atoms with Crippen molar-refractivity contribution in [3.8, 4) is 0 Å². The van der Waals surface area contributed by atoms with Gasteiger partial charge in [0.05, 0.1) is 0 Å². The van der Waals surface area contributed by atoms with E-state index >= 15 is 0 Å². The summed E-state index contributed by atoms with van der Waals surface area (Å²) in [6.45, 7) is 0. The van der Waals surface area contributed by atoms with Gasteiger partial charge in [-0.3, -0.25) is 5.14 Å². The molecule has 0 aromatic heterocycles. The summed E-state index contributed by atoms with van der Waals surface area (Å²) in [5, 5.41) is 4.82. The Morgan fingerprint density at radius 1 is 1.80 bits per heavy atom. The van der Waals surface area contributed by atoms with Crippen LogP contribution in [0.2, 0.25) is 0 Å². The van der Waals surface area contributed by atoms with E-state index in [9.17, 15) is 0 Å². The highest BCUT2D eigenvalue weighted by Crippen LogP contribution is 1.79. The van der Waals surface area contributed by atoms with E-state index in [0.717, 1.165) is 11.9 Å². The van der Waals surface area contributed by atoms with Crippen LogP contribution in [0, 0.1) is 0 Å². The molecule has 0 spiro atoms. The van der Waals surface area contributed by atoms with Gasteiger partial charge >= 0.3 is 0 Å². The Balaban J connectivity index is 2.85. The maximum Gasteiger partial charge on any atom is 0.146 e. The quantitative estimate of drug-likeness (QED) is 0.334. The third kappa shape index (κ3) is 4.20. The number of nitrogens with two attached hydrogens (primary N) is 2. The Morgan fingerprint density at radius 2 is 2.00 bits per heavy atom. The van der Waals surface area contributed by atoms with Gasteiger partial charge in [0, 0.05) is 0 Å². The molecule has 0 saturated heterocycles. The number of hydrogen-bond acceptors (Lipinski definition) is 3. The molecule has 4 heteroatoms. The molecule has 2 nitrogen and oxygen atoms in total. The summed E-state index contributed by atoms with van der Waals surface area (Å²) < 4.78 is 0.282. The SMILES string of the molecule is NSC(N)=S. The fourth-order valence-corrected chi connectivity index (χ4v) is 0. The molecular weight excluding hydrogens is 104 g/mol. The van der Waals surface area contributed by atoms with Crippen LogP contribution in [0.3, 0.4) is 0 Å². The Kier molecular flexibility index (Phi) is 2.54. The Bertz CT molecular complexity index is 42.9. The van der Waals surface area contributed by atoms with E-state index in [1.165, 1.54) is 0 Å². The van der Waals surface area contributed by atoms with Crippen LogP contribution in [0.15, 0.2) is 0 Å². The van der Waals surface area contributed by atoms with Crippen LogP contribution in [-0.4, -0.2) is 4.32 Å². The zero-order chi connectivity index (χ0) is 4.28. The molecule has 0 aromatic carbocycles. The molecule has 0 fully saturated rings. The number of hydrogen-bond donors (Lipinski definition) is 2. The number of thiocarbonyl (C=S) groups is 1. The molecule has 5 heavy (non-hydrogen) atoms. The first-order valence-electron chi connectivity index (χ1n) is 0.933. The zero-order valence-corrected chi connectivity index (χ0v) is 4.10. The van der Waals surface area contributed by atoms with Gasteiger partial charge < -0.3 is 5.73 Å². The fourth-order valence-electron chi connectivity index (χ4n) is 0. The molecule has 0 saturated carbocycles. The van der Waals surface area contributed by atoms with E-state index in [4.69, 9.17) is 10.9 Å². The van der Waals surface area contributed by atoms with Gasteiger partial charge in [0.1, 0.15) is 4.32 Å². The van der Waals surface area contributed by atoms with Gasteiger partial charge in [-0.05, 0) is 11.9 Å². The van der Waals surface area contributed by atoms with Crippen LogP contribution < -0.4 is 10.9 Å². The summed E-state index contributed by atoms with van der Waals surface area (Å²) in [5.41, 5.74) is 4.86. The first kappa shape index (κ1) is 5.20. The lowest BCUT2D eigenvalue weighted by molar-refractivity contribution is 1.89. The molecule has 0 amide bonds. The lowest BCUT2D eigenvalue weighted by Gasteiger charge is -1.78. The van der Waals surface area contributed by atoms with Crippen LogP contribution >= 0.6 is 24.2 Å². The second-order valence-corrected chi connectivity index (χ2v) is 1.81. The third-order valence-electron chi connectivity index (χ3n) is 0.116. The average Bonchev–Trinajstić information content (AvgIpc) is 1.38. The molecule has 0 radical (unpaired) electrons. The molecule has 30 valence electrons. The average molecular weight is 108 g/mol. The highest BCUT2D eigenvalue weighted by molar-refractivity contribution is 8.21. The minimum Gasteiger partial charge on any atom is -0.384 e. The molecule has 0 aliphatic heterocycles. The third-order valence-corrected chi connectivity index (χ3v) is 0.637. The molecule has 0 aliphatic rings. The summed E-state index contributed by atoms with van der Waals surface area (Å²) in [6.07, 6.45) is 0. The fraction of sp³-hybridized carbons (Fsp3) is 0. The Morgan fingerprint density at radius 3 is 2.00 bits per heavy atom. The highest BCUT2D eigenvalue weighted by Gasteiger charge is 1.72. The van der Waals surface area contributed by atoms with Gasteiger partial charge in [0.15, 0.2) is 0 Å². The molecule has 4 N–H and O–H groups in total. The van der Waals surface area contributed by atoms with Crippen molar-refractivity contribution in [1.82, 2.24) is 0 Å². The van der Waals surface area contributed by atoms with Crippen molar-refractivity contribution in [2.24, 2.45) is 10.9 Å². The first-order valence-corrected chi connectivity index (χ1v) is 2.22. The van der Waals surface area contributed by atoms with Crippen molar-refractivity contribution >= 4 is 28.5 Å². The molecule has 0 heterocycles. The smallest absolute Gasteiger partial charge is 0.146 e. The summed E-state index contributed by atoms with van der Waals surface area (Å²) >= 11 is 5.20. The lowest BCUT2D eigenvalue weighted by Crippen LogP contribution is -2.04. The van der Waals surface area contributed by atoms with Gasteiger partial charge in [0.2, 0.25) is 0 Å². The van der Waals surface area contributed by atoms with Gasteiger partial charge in [0.25, 0.3) is 0 Å². The Hall–Kier alpha value is 0.200. The van der Waals surface area contributed by atoms with Crippen LogP contribution in [0.1, 0.15) is 0 Å². The topological polar surface area (TPSA) is 52.0 Å². The first-order chi connectivity index (χ1) is 2.27. The molecule has 0 rings (SSSR count). The van der Waals surface area contributed by atoms with Crippen LogP contribution in [0.4, 0.5) is 0 Å². The standard InChI is InChI=1S/CH4N2S2/c2-1(4)5-3/h3H2,(H2,2,4). The van der Waals surface area contributed by atoms with E-state index < -0.39 is 0 Å². The minimum atomic E-state index is 0.282. The maximum atomic E-state index is 4.86. The molecule has 0 aliphatic carbocycles. The second-order valence-electron chi connectivity index (χ2n) is 0.437. The summed E-state index contributed by atoms with van der Waals surface area (Å²) in [7, 11) is 0. The van der Waals surface area contributed by atoms with E-state index in [0.29, 0.717) is 0 Å². The van der Waals surface area contributed by atoms with Gasteiger partial charge in [-0.2, -0.15) is 0 Å². The van der Waals surface area contributed by atoms with Crippen molar-refractivity contribution in [2.45, 2.75) is 0 Å². The lowest BCUT2D eigenvalue weighted by atomic mass is 11.5. The van der Waals surface area contributed by atoms with Crippen molar-refractivity contribution < 1.29 is 0 Å². The van der Waals surface area contributed by atoms with Gasteiger partial charge in [-0.15, -0.1) is 0 Å². The monoisotopic (exact) mass is 108 g/mol. The van der Waals surface area contributed by atoms with E-state index in [-0.39, 0.29) is 4.32 Å². The van der Waals surface area contributed by atoms with Crippen molar-refractivity contribution in [2.75, 3.05) is 0 Å². The highest BCUT2D eigenvalue weighted by atomic mass is 32.2. The molecular formula is CH4N2S2. The van der Waals surface area contributed by atoms with Crippen molar-refractivity contribution in [3.63, 3.8) is 0 Å². The van der Waals surface area contributed by atoms with Crippen LogP contribution in [0.25, 0.3) is 0 Å². The number of rotatable bonds is 0. The van der Waals surface area contributed by atoms with Crippen LogP contribution in [0.5, 0.6) is 0 Å². The summed E-state index contributed by atoms with van der Waals surface area (Å²) in [6, 6.07) is 0. The predicted molar refractivity (Wildman–Crippen MR) is 28.6 cm³/mol. The minimum absolute atomic E-state index is 0.282. The Labute approximate surface area is 40.0 Å². The van der Waals surface area contributed by atoms with Crippen molar-refractivity contribution in [1.29, 1.82) is 0 Å². The maximum absolute atomic E-state index is 4.86. The summed E-state index contributed by atoms with van der Waals surface area (Å²) in [4.78, 5) is 0. The van der Waals surface area contributed by atoms with E-state index in [2.05, 4.69) is 12.2 Å². The van der Waals surface area contributed by atoms with Crippen molar-refractivity contribution in [3.05, 3.63) is 0 Å². The zero-order valence-electron chi connectivity index (χ0n) is 2.47. The molecule has 0 bridgehead atoms. The van der Waals surface area contributed by atoms with Gasteiger partial charge in [-0.1, -0.05) is 12.2 Å². The van der Waals surface area contributed by atoms with E-state index in [1.807, 2.05) is 0 Å². The molecule has 0 unspecified atom stereocenters. The van der Waals surface area contributed by atoms with Crippen LogP contribution in [-0.2, 0) is 0 Å². The summed E-state index contributed by atoms with van der Waals surface area (Å²) in [5.74, 6) is 0. The molecule has 0 atom stereocenters. The normalized spacial score (nSPS) is 7.40. The largest absolute Gasteiger partial charge is 0.384 e. The molecule has 0 aromatic rings. The predicted octanol–water partition coefficient (Wildman–Crippen LogP) is -0.163. The van der Waals surface area contributed by atoms with E-state index in [1.54, 1.807) is 0 Å². The van der Waals surface area contributed by atoms with Gasteiger partial charge in [-0.25, -0.2) is 0 Å². The second kappa shape index (κ2) is 2.44.